The number of aryl methyl sites for hydroxylation is 2. The topological polar surface area (TPSA) is 165 Å². The Kier molecular flexibility index (Phi) is 10.5. The molecule has 5 heterocycles. The molecule has 2 N–H and O–H groups in total. The molecule has 1 unspecified atom stereocenters. The van der Waals surface area contributed by atoms with E-state index in [2.05, 4.69) is 34.7 Å². The second-order valence-electron chi connectivity index (χ2n) is 14.5. The average Bonchev–Trinajstić information content (AvgIpc) is 3.67. The van der Waals surface area contributed by atoms with Crippen molar-refractivity contribution in [2.45, 2.75) is 77.8 Å². The van der Waals surface area contributed by atoms with Crippen LogP contribution < -0.4 is 15.4 Å². The molecule has 3 aliphatic heterocycles. The molecule has 0 radical (unpaired) electrons. The van der Waals surface area contributed by atoms with Crippen molar-refractivity contribution < 1.29 is 28.7 Å². The predicted molar refractivity (Wildman–Crippen MR) is 215 cm³/mol. The summed E-state index contributed by atoms with van der Waals surface area (Å²) in [5.41, 5.74) is 4.47. The van der Waals surface area contributed by atoms with E-state index in [-0.39, 0.29) is 30.7 Å². The molecule has 5 aromatic rings. The molecule has 292 valence electrons. The molecular formula is C42H40ClN7O6S. The minimum absolute atomic E-state index is 0.0448. The van der Waals surface area contributed by atoms with E-state index < -0.39 is 35.7 Å². The zero-order chi connectivity index (χ0) is 40.0. The van der Waals surface area contributed by atoms with E-state index in [0.717, 1.165) is 63.8 Å². The summed E-state index contributed by atoms with van der Waals surface area (Å²) >= 11 is 7.90. The molecule has 8 rings (SSSR count). The van der Waals surface area contributed by atoms with Crippen LogP contribution in [0.3, 0.4) is 0 Å². The fraction of sp³-hybridized carbons (Fsp3) is 0.333. The van der Waals surface area contributed by atoms with Crippen molar-refractivity contribution in [3.8, 4) is 10.8 Å². The fourth-order valence-electron chi connectivity index (χ4n) is 7.77. The van der Waals surface area contributed by atoms with E-state index >= 15 is 0 Å². The molecule has 2 atom stereocenters. The first kappa shape index (κ1) is 38.2. The Bertz CT molecular complexity index is 2510. The maximum Gasteiger partial charge on any atom is 0.262 e. The number of nitrogens with zero attached hydrogens (tertiary/aromatic N) is 5. The van der Waals surface area contributed by atoms with Crippen molar-refractivity contribution in [2.75, 3.05) is 13.2 Å². The van der Waals surface area contributed by atoms with Gasteiger partial charge in [0.15, 0.2) is 5.82 Å². The predicted octanol–water partition coefficient (Wildman–Crippen LogP) is 6.50. The van der Waals surface area contributed by atoms with Crippen molar-refractivity contribution in [1.82, 2.24) is 30.3 Å². The molecule has 1 saturated heterocycles. The van der Waals surface area contributed by atoms with E-state index in [1.807, 2.05) is 47.9 Å². The van der Waals surface area contributed by atoms with E-state index in [1.54, 1.807) is 29.5 Å². The third-order valence-corrected chi connectivity index (χ3v) is 12.2. The maximum atomic E-state index is 13.7. The molecule has 5 amide bonds. The van der Waals surface area contributed by atoms with Crippen LogP contribution in [0.2, 0.25) is 5.02 Å². The van der Waals surface area contributed by atoms with Gasteiger partial charge in [-0.2, -0.15) is 0 Å². The van der Waals surface area contributed by atoms with Crippen LogP contribution >= 0.6 is 22.9 Å². The van der Waals surface area contributed by atoms with Crippen molar-refractivity contribution >= 4 is 69.0 Å². The standard InChI is InChI=1S/C42H40ClN7O6S/c1-22-23(2)57-42-35(22)37(25-11-13-27(43)14-12-25)45-31(38-48-47-24(3)49(38)42)21-34(52)44-17-6-4-5-7-18-56-28-19-26-9-8-10-29-36(26)30(20-28)41(55)50(40(29)54)32-15-16-33(51)46-39(32)53/h8-14,19-20,31-32H,4-7,15-18,21H2,1-3H3,(H,44,52)(H,46,51,53)/t31-,32?/m0/s1. The second kappa shape index (κ2) is 15.7. The Labute approximate surface area is 337 Å². The van der Waals surface area contributed by atoms with Gasteiger partial charge < -0.3 is 10.1 Å². The first-order valence-corrected chi connectivity index (χ1v) is 20.2. The zero-order valence-corrected chi connectivity index (χ0v) is 33.3. The largest absolute Gasteiger partial charge is 0.494 e. The van der Waals surface area contributed by atoms with Gasteiger partial charge in [0.25, 0.3) is 11.8 Å². The van der Waals surface area contributed by atoms with Crippen molar-refractivity contribution in [1.29, 1.82) is 0 Å². The highest BCUT2D eigenvalue weighted by molar-refractivity contribution is 7.15. The molecule has 0 bridgehead atoms. The third-order valence-electron chi connectivity index (χ3n) is 10.8. The van der Waals surface area contributed by atoms with Gasteiger partial charge in [-0.1, -0.05) is 48.7 Å². The molecule has 1 fully saturated rings. The summed E-state index contributed by atoms with van der Waals surface area (Å²) in [6, 6.07) is 14.6. The van der Waals surface area contributed by atoms with Crippen molar-refractivity contribution in [3.05, 3.63) is 104 Å². The number of imide groups is 2. The van der Waals surface area contributed by atoms with Crippen LogP contribution in [0.4, 0.5) is 0 Å². The maximum absolute atomic E-state index is 13.7. The van der Waals surface area contributed by atoms with E-state index in [9.17, 15) is 24.0 Å². The van der Waals surface area contributed by atoms with Crippen LogP contribution in [0.5, 0.6) is 5.75 Å². The molecular weight excluding hydrogens is 766 g/mol. The lowest BCUT2D eigenvalue weighted by Gasteiger charge is -2.34. The monoisotopic (exact) mass is 805 g/mol. The van der Waals surface area contributed by atoms with Gasteiger partial charge >= 0.3 is 0 Å². The molecule has 13 nitrogen and oxygen atoms in total. The molecule has 3 aromatic carbocycles. The van der Waals surface area contributed by atoms with Gasteiger partial charge in [0.05, 0.1) is 24.3 Å². The number of rotatable bonds is 12. The quantitative estimate of drug-likeness (QED) is 0.107. The summed E-state index contributed by atoms with van der Waals surface area (Å²) in [5.74, 6) is -0.488. The smallest absolute Gasteiger partial charge is 0.262 e. The summed E-state index contributed by atoms with van der Waals surface area (Å²) in [6.07, 6.45) is 3.50. The van der Waals surface area contributed by atoms with Gasteiger partial charge in [0.2, 0.25) is 17.7 Å². The molecule has 0 spiro atoms. The van der Waals surface area contributed by atoms with Gasteiger partial charge in [-0.05, 0) is 81.3 Å². The minimum atomic E-state index is -1.06. The molecule has 57 heavy (non-hydrogen) atoms. The number of unbranched alkanes of at least 4 members (excludes halogenated alkanes) is 3. The van der Waals surface area contributed by atoms with E-state index in [1.165, 1.54) is 4.88 Å². The van der Waals surface area contributed by atoms with Crippen LogP contribution in [0.25, 0.3) is 15.8 Å². The van der Waals surface area contributed by atoms with Gasteiger partial charge in [0.1, 0.15) is 28.7 Å². The highest BCUT2D eigenvalue weighted by Gasteiger charge is 2.43. The summed E-state index contributed by atoms with van der Waals surface area (Å²) in [7, 11) is 0. The number of carbonyl (C=O) groups is 5. The number of aliphatic imine (C=N–C) groups is 1. The number of hydrogen-bond acceptors (Lipinski definition) is 10. The lowest BCUT2D eigenvalue weighted by molar-refractivity contribution is -0.136. The van der Waals surface area contributed by atoms with Crippen molar-refractivity contribution in [2.24, 2.45) is 4.99 Å². The van der Waals surface area contributed by atoms with E-state index in [0.29, 0.717) is 46.1 Å². The van der Waals surface area contributed by atoms with Gasteiger partial charge in [-0.15, -0.1) is 21.5 Å². The number of halogens is 1. The third kappa shape index (κ3) is 7.23. The number of ether oxygens (including phenoxy) is 1. The number of carbonyl (C=O) groups excluding carboxylic acids is 5. The van der Waals surface area contributed by atoms with Crippen LogP contribution in [0.1, 0.15) is 105 Å². The summed E-state index contributed by atoms with van der Waals surface area (Å²) in [4.78, 5) is 72.1. The van der Waals surface area contributed by atoms with E-state index in [4.69, 9.17) is 21.3 Å². The number of fused-ring (bicyclic) bond motifs is 3. The van der Waals surface area contributed by atoms with Gasteiger partial charge in [0, 0.05) is 44.9 Å². The summed E-state index contributed by atoms with van der Waals surface area (Å²) in [5, 5.41) is 17.0. The van der Waals surface area contributed by atoms with Gasteiger partial charge in [-0.25, -0.2) is 0 Å². The Morgan fingerprint density at radius 1 is 0.965 bits per heavy atom. The Balaban J connectivity index is 0.859. The number of nitrogens with one attached hydrogen (secondary N) is 2. The van der Waals surface area contributed by atoms with Crippen molar-refractivity contribution in [3.63, 3.8) is 0 Å². The molecule has 2 aromatic heterocycles. The highest BCUT2D eigenvalue weighted by atomic mass is 35.5. The fourth-order valence-corrected chi connectivity index (χ4v) is 9.11. The Morgan fingerprint density at radius 3 is 2.53 bits per heavy atom. The average molecular weight is 806 g/mol. The lowest BCUT2D eigenvalue weighted by atomic mass is 9.91. The summed E-state index contributed by atoms with van der Waals surface area (Å²) in [6.45, 7) is 7.02. The molecule has 15 heteroatoms. The first-order chi connectivity index (χ1) is 27.5. The first-order valence-electron chi connectivity index (χ1n) is 19.0. The number of hydrogen-bond donors (Lipinski definition) is 2. The number of amides is 5. The van der Waals surface area contributed by atoms with Crippen LogP contribution in [0, 0.1) is 20.8 Å². The number of benzene rings is 3. The SMILES string of the molecule is Cc1sc2c(c1C)C(c1ccc(Cl)cc1)=N[C@@H](CC(=O)NCCCCCCOc1cc3c4c(cccc4c1)C(=O)N(C1CCC(=O)NC1=O)C3=O)c1nnc(C)n1-2. The molecule has 0 saturated carbocycles. The second-order valence-corrected chi connectivity index (χ2v) is 16.2. The van der Waals surface area contributed by atoms with Crippen LogP contribution in [-0.2, 0) is 14.4 Å². The zero-order valence-electron chi connectivity index (χ0n) is 31.7. The Morgan fingerprint density at radius 2 is 1.74 bits per heavy atom. The minimum Gasteiger partial charge on any atom is -0.494 e. The summed E-state index contributed by atoms with van der Waals surface area (Å²) < 4.78 is 8.11. The van der Waals surface area contributed by atoms with Crippen LogP contribution in [0.15, 0.2) is 59.6 Å². The molecule has 0 aliphatic carbocycles. The number of piperidine rings is 1. The normalized spacial score (nSPS) is 17.5. The lowest BCUT2D eigenvalue weighted by Crippen LogP contribution is -2.57. The van der Waals surface area contributed by atoms with Gasteiger partial charge in [-0.3, -0.25) is 43.7 Å². The number of aromatic nitrogens is 3. The molecule has 3 aliphatic rings. The number of thiophene rings is 1. The Hall–Kier alpha value is -5.73. The van der Waals surface area contributed by atoms with Crippen LogP contribution in [-0.4, -0.2) is 74.1 Å². The highest BCUT2D eigenvalue weighted by Crippen LogP contribution is 2.40.